The maximum Gasteiger partial charge on any atom is 0.573 e. The van der Waals surface area contributed by atoms with Crippen molar-refractivity contribution < 1.29 is 26.3 Å². The van der Waals surface area contributed by atoms with Gasteiger partial charge in [-0.3, -0.25) is 0 Å². The van der Waals surface area contributed by atoms with Crippen molar-refractivity contribution in [2.45, 2.75) is 11.4 Å². The summed E-state index contributed by atoms with van der Waals surface area (Å²) in [6, 6.07) is 1.83. The largest absolute Gasteiger partial charge is 0.573 e. The molecule has 0 spiro atoms. The Balaban J connectivity index is 3.45. The van der Waals surface area contributed by atoms with Crippen molar-refractivity contribution in [1.82, 2.24) is 4.98 Å². The summed E-state index contributed by atoms with van der Waals surface area (Å²) in [4.78, 5) is 3.12. The smallest absolute Gasteiger partial charge is 0.400 e. The summed E-state index contributed by atoms with van der Waals surface area (Å²) in [5.74, 6) is -1.99. The normalized spacial score (nSPS) is 11.9. The van der Waals surface area contributed by atoms with E-state index < -0.39 is 37.6 Å². The SMILES string of the molecule is N#Cc1cc(S(=O)(=O)Cl)nc(N)c1OC(F)(F)F. The lowest BCUT2D eigenvalue weighted by molar-refractivity contribution is -0.274. The van der Waals surface area contributed by atoms with Crippen molar-refractivity contribution in [1.29, 1.82) is 5.26 Å². The van der Waals surface area contributed by atoms with Gasteiger partial charge in [0.2, 0.25) is 0 Å². The van der Waals surface area contributed by atoms with Gasteiger partial charge in [-0.15, -0.1) is 13.2 Å². The predicted octanol–water partition coefficient (Wildman–Crippen LogP) is 1.36. The third-order valence-electron chi connectivity index (χ3n) is 1.56. The Labute approximate surface area is 103 Å². The van der Waals surface area contributed by atoms with Crippen LogP contribution in [0.5, 0.6) is 5.75 Å². The third kappa shape index (κ3) is 3.38. The number of nitrogens with zero attached hydrogens (tertiary/aromatic N) is 2. The van der Waals surface area contributed by atoms with E-state index in [2.05, 4.69) is 9.72 Å². The highest BCUT2D eigenvalue weighted by Gasteiger charge is 2.34. The first kappa shape index (κ1) is 14.3. The summed E-state index contributed by atoms with van der Waals surface area (Å²) in [6.07, 6.45) is -5.09. The van der Waals surface area contributed by atoms with Gasteiger partial charge >= 0.3 is 6.36 Å². The number of rotatable bonds is 2. The van der Waals surface area contributed by atoms with Gasteiger partial charge in [-0.1, -0.05) is 0 Å². The molecule has 0 radical (unpaired) electrons. The fourth-order valence-electron chi connectivity index (χ4n) is 0.960. The molecule has 11 heteroatoms. The fourth-order valence-corrected chi connectivity index (χ4v) is 1.66. The van der Waals surface area contributed by atoms with Crippen LogP contribution in [0.3, 0.4) is 0 Å². The molecule has 1 aromatic heterocycles. The maximum atomic E-state index is 12.0. The molecule has 1 rings (SSSR count). The van der Waals surface area contributed by atoms with Gasteiger partial charge in [0, 0.05) is 10.7 Å². The minimum Gasteiger partial charge on any atom is -0.400 e. The molecule has 0 aliphatic rings. The molecule has 2 N–H and O–H groups in total. The molecule has 0 fully saturated rings. The highest BCUT2D eigenvalue weighted by Crippen LogP contribution is 2.32. The van der Waals surface area contributed by atoms with Gasteiger partial charge in [0.1, 0.15) is 11.6 Å². The number of aromatic nitrogens is 1. The predicted molar refractivity (Wildman–Crippen MR) is 53.1 cm³/mol. The molecule has 0 unspecified atom stereocenters. The number of pyridine rings is 1. The molecule has 0 aromatic carbocycles. The van der Waals surface area contributed by atoms with E-state index in [0.29, 0.717) is 6.07 Å². The maximum absolute atomic E-state index is 12.0. The van der Waals surface area contributed by atoms with Gasteiger partial charge in [-0.05, 0) is 6.07 Å². The summed E-state index contributed by atoms with van der Waals surface area (Å²) in [5.41, 5.74) is 4.34. The summed E-state index contributed by atoms with van der Waals surface area (Å²) in [7, 11) is 0.601. The van der Waals surface area contributed by atoms with Crippen LogP contribution in [0.4, 0.5) is 19.0 Å². The minimum atomic E-state index is -5.09. The Bertz CT molecular complexity index is 623. The molecule has 0 bridgehead atoms. The molecular weight excluding hydrogens is 299 g/mol. The van der Waals surface area contributed by atoms with Crippen molar-refractivity contribution in [3.8, 4) is 11.8 Å². The van der Waals surface area contributed by atoms with Crippen LogP contribution in [0.1, 0.15) is 5.56 Å². The number of anilines is 1. The van der Waals surface area contributed by atoms with Crippen LogP contribution in [0, 0.1) is 11.3 Å². The summed E-state index contributed by atoms with van der Waals surface area (Å²) in [6.45, 7) is 0. The molecule has 0 aliphatic heterocycles. The number of nitriles is 1. The number of hydrogen-bond acceptors (Lipinski definition) is 6. The second-order valence-corrected chi connectivity index (χ2v) is 5.33. The summed E-state index contributed by atoms with van der Waals surface area (Å²) < 4.78 is 61.4. The monoisotopic (exact) mass is 301 g/mol. The Morgan fingerprint density at radius 2 is 2.06 bits per heavy atom. The van der Waals surface area contributed by atoms with E-state index in [4.69, 9.17) is 21.7 Å². The van der Waals surface area contributed by atoms with E-state index in [9.17, 15) is 21.6 Å². The van der Waals surface area contributed by atoms with Crippen LogP contribution in [0.15, 0.2) is 11.1 Å². The number of nitrogen functional groups attached to an aromatic ring is 1. The van der Waals surface area contributed by atoms with Crippen LogP contribution in [-0.4, -0.2) is 19.8 Å². The topological polar surface area (TPSA) is 106 Å². The zero-order valence-corrected chi connectivity index (χ0v) is 9.77. The number of nitrogens with two attached hydrogens (primary N) is 1. The zero-order chi connectivity index (χ0) is 14.1. The molecule has 0 saturated heterocycles. The molecule has 1 aromatic rings. The van der Waals surface area contributed by atoms with Crippen LogP contribution < -0.4 is 10.5 Å². The lowest BCUT2D eigenvalue weighted by Crippen LogP contribution is -2.19. The van der Waals surface area contributed by atoms with Crippen molar-refractivity contribution in [2.24, 2.45) is 0 Å². The third-order valence-corrected chi connectivity index (χ3v) is 2.75. The molecule has 18 heavy (non-hydrogen) atoms. The first-order chi connectivity index (χ1) is 8.04. The Morgan fingerprint density at radius 3 is 2.44 bits per heavy atom. The second-order valence-electron chi connectivity index (χ2n) is 2.82. The van der Waals surface area contributed by atoms with Crippen molar-refractivity contribution >= 4 is 25.6 Å². The molecule has 0 aliphatic carbocycles. The Hall–Kier alpha value is -1.73. The van der Waals surface area contributed by atoms with Crippen LogP contribution >= 0.6 is 10.7 Å². The number of ether oxygens (including phenoxy) is 1. The number of alkyl halides is 3. The van der Waals surface area contributed by atoms with Crippen molar-refractivity contribution in [3.05, 3.63) is 11.6 Å². The van der Waals surface area contributed by atoms with E-state index in [1.165, 1.54) is 6.07 Å². The van der Waals surface area contributed by atoms with Gasteiger partial charge < -0.3 is 10.5 Å². The van der Waals surface area contributed by atoms with Gasteiger partial charge in [-0.25, -0.2) is 13.4 Å². The van der Waals surface area contributed by atoms with E-state index >= 15 is 0 Å². The molecule has 0 amide bonds. The second kappa shape index (κ2) is 4.51. The highest BCUT2D eigenvalue weighted by molar-refractivity contribution is 8.13. The van der Waals surface area contributed by atoms with Gasteiger partial charge in [0.15, 0.2) is 16.6 Å². The highest BCUT2D eigenvalue weighted by atomic mass is 35.7. The average molecular weight is 302 g/mol. The zero-order valence-electron chi connectivity index (χ0n) is 8.19. The van der Waals surface area contributed by atoms with Gasteiger partial charge in [-0.2, -0.15) is 5.26 Å². The van der Waals surface area contributed by atoms with Crippen molar-refractivity contribution in [2.75, 3.05) is 5.73 Å². The molecular formula is C7H3ClF3N3O3S. The lowest BCUT2D eigenvalue weighted by atomic mass is 10.2. The summed E-state index contributed by atoms with van der Waals surface area (Å²) in [5, 5.41) is 7.77. The lowest BCUT2D eigenvalue weighted by Gasteiger charge is -2.12. The molecule has 98 valence electrons. The number of hydrogen-bond donors (Lipinski definition) is 1. The molecule has 0 saturated carbocycles. The first-order valence-electron chi connectivity index (χ1n) is 3.95. The molecule has 6 nitrogen and oxygen atoms in total. The minimum absolute atomic E-state index is 0.528. The Morgan fingerprint density at radius 1 is 1.50 bits per heavy atom. The quantitative estimate of drug-likeness (QED) is 0.827. The van der Waals surface area contributed by atoms with Crippen LogP contribution in [-0.2, 0) is 9.05 Å². The fraction of sp³-hybridized carbons (Fsp3) is 0.143. The van der Waals surface area contributed by atoms with Gasteiger partial charge in [0.05, 0.1) is 0 Å². The Kier molecular flexibility index (Phi) is 3.59. The average Bonchev–Trinajstić information content (AvgIpc) is 2.17. The van der Waals surface area contributed by atoms with E-state index in [0.717, 1.165) is 0 Å². The molecule has 0 atom stereocenters. The standard InChI is InChI=1S/C7H3ClF3N3O3S/c8-18(15,16)4-1-3(2-12)5(6(13)14-4)17-7(9,10)11/h1H,(H2,13,14). The van der Waals surface area contributed by atoms with Crippen LogP contribution in [0.25, 0.3) is 0 Å². The number of halogens is 4. The first-order valence-corrected chi connectivity index (χ1v) is 6.26. The van der Waals surface area contributed by atoms with E-state index in [1.54, 1.807) is 0 Å². The van der Waals surface area contributed by atoms with Crippen LogP contribution in [0.2, 0.25) is 0 Å². The van der Waals surface area contributed by atoms with E-state index in [1.807, 2.05) is 0 Å². The van der Waals surface area contributed by atoms with E-state index in [-0.39, 0.29) is 0 Å². The van der Waals surface area contributed by atoms with Crippen molar-refractivity contribution in [3.63, 3.8) is 0 Å². The molecule has 1 heterocycles. The van der Waals surface area contributed by atoms with Gasteiger partial charge in [0.25, 0.3) is 9.05 Å². The summed E-state index contributed by atoms with van der Waals surface area (Å²) >= 11 is 0.